The van der Waals surface area contributed by atoms with Gasteiger partial charge in [-0.1, -0.05) is 0 Å². The monoisotopic (exact) mass is 363 g/mol. The molecule has 0 heterocycles. The third kappa shape index (κ3) is 5.46. The summed E-state index contributed by atoms with van der Waals surface area (Å²) in [5, 5.41) is 9.63. The van der Waals surface area contributed by atoms with Crippen LogP contribution in [0.25, 0.3) is 0 Å². The maximum absolute atomic E-state index is 12.2. The van der Waals surface area contributed by atoms with Crippen LogP contribution < -0.4 is 10.5 Å². The number of hydrogen-bond donors (Lipinski definition) is 2. The molecule has 0 spiro atoms. The lowest BCUT2D eigenvalue weighted by Gasteiger charge is -2.17. The second kappa shape index (κ2) is 7.21. The van der Waals surface area contributed by atoms with Crippen molar-refractivity contribution in [3.8, 4) is 11.5 Å². The molecule has 0 aliphatic heterocycles. The van der Waals surface area contributed by atoms with Gasteiger partial charge in [-0.25, -0.2) is 0 Å². The van der Waals surface area contributed by atoms with Gasteiger partial charge in [0.25, 0.3) is 0 Å². The van der Waals surface area contributed by atoms with E-state index in [4.69, 9.17) is 10.5 Å². The molecule has 110 valence electrons. The highest BCUT2D eigenvalue weighted by Gasteiger charge is 2.31. The van der Waals surface area contributed by atoms with Crippen LogP contribution in [0.2, 0.25) is 0 Å². The first-order valence-electron chi connectivity index (χ1n) is 5.22. The SMILES string of the molecule is CCOc1cc([C@@H](N)CC(F)(F)F)cc(Br)c1O.Cl. The van der Waals surface area contributed by atoms with Gasteiger partial charge in [-0.05, 0) is 40.5 Å². The van der Waals surface area contributed by atoms with Crippen LogP contribution in [-0.4, -0.2) is 17.9 Å². The summed E-state index contributed by atoms with van der Waals surface area (Å²) in [4.78, 5) is 0. The Labute approximate surface area is 123 Å². The molecular weight excluding hydrogens is 350 g/mol. The van der Waals surface area contributed by atoms with Crippen molar-refractivity contribution in [2.24, 2.45) is 5.73 Å². The fraction of sp³-hybridized carbons (Fsp3) is 0.455. The molecular formula is C11H14BrClF3NO2. The molecule has 0 fully saturated rings. The Bertz CT molecular complexity index is 429. The number of hydrogen-bond acceptors (Lipinski definition) is 3. The minimum absolute atomic E-state index is 0. The van der Waals surface area contributed by atoms with Crippen LogP contribution in [0.15, 0.2) is 16.6 Å². The van der Waals surface area contributed by atoms with E-state index in [0.717, 1.165) is 0 Å². The Balaban J connectivity index is 0.00000324. The second-order valence-corrected chi connectivity index (χ2v) is 4.56. The Morgan fingerprint density at radius 2 is 2.00 bits per heavy atom. The van der Waals surface area contributed by atoms with E-state index >= 15 is 0 Å². The molecule has 19 heavy (non-hydrogen) atoms. The predicted octanol–water partition coefficient (Wildman–Crippen LogP) is 3.93. The van der Waals surface area contributed by atoms with Crippen molar-refractivity contribution >= 4 is 28.3 Å². The van der Waals surface area contributed by atoms with Gasteiger partial charge < -0.3 is 15.6 Å². The van der Waals surface area contributed by atoms with E-state index in [1.165, 1.54) is 12.1 Å². The minimum atomic E-state index is -4.34. The maximum atomic E-state index is 12.2. The standard InChI is InChI=1S/C11H13BrF3NO2.ClH/c1-2-18-9-4-6(3-7(12)10(9)17)8(16)5-11(13,14)15;/h3-4,8,17H,2,5,16H2,1H3;1H/t8-;/m0./s1. The average Bonchev–Trinajstić information content (AvgIpc) is 2.22. The Hall–Kier alpha value is -0.660. The summed E-state index contributed by atoms with van der Waals surface area (Å²) in [6, 6.07) is 1.48. The van der Waals surface area contributed by atoms with Crippen molar-refractivity contribution in [3.05, 3.63) is 22.2 Å². The maximum Gasteiger partial charge on any atom is 0.390 e. The number of phenolic OH excluding ortho intramolecular Hbond substituents is 1. The van der Waals surface area contributed by atoms with Crippen molar-refractivity contribution in [3.63, 3.8) is 0 Å². The first-order chi connectivity index (χ1) is 8.24. The number of aromatic hydroxyl groups is 1. The Morgan fingerprint density at radius 3 is 2.47 bits per heavy atom. The van der Waals surface area contributed by atoms with Crippen LogP contribution in [0.5, 0.6) is 11.5 Å². The molecule has 3 N–H and O–H groups in total. The normalized spacial score (nSPS) is 12.7. The molecule has 0 saturated carbocycles. The van der Waals surface area contributed by atoms with E-state index in [0.29, 0.717) is 0 Å². The highest BCUT2D eigenvalue weighted by molar-refractivity contribution is 9.10. The van der Waals surface area contributed by atoms with Crippen molar-refractivity contribution in [2.75, 3.05) is 6.61 Å². The fourth-order valence-electron chi connectivity index (χ4n) is 1.44. The van der Waals surface area contributed by atoms with E-state index in [2.05, 4.69) is 15.9 Å². The van der Waals surface area contributed by atoms with Crippen LogP contribution >= 0.6 is 28.3 Å². The smallest absolute Gasteiger partial charge is 0.390 e. The molecule has 1 atom stereocenters. The van der Waals surface area contributed by atoms with Gasteiger partial charge in [-0.2, -0.15) is 13.2 Å². The zero-order valence-corrected chi connectivity index (χ0v) is 12.4. The molecule has 0 saturated heterocycles. The topological polar surface area (TPSA) is 55.5 Å². The number of rotatable bonds is 4. The second-order valence-electron chi connectivity index (χ2n) is 3.71. The molecule has 3 nitrogen and oxygen atoms in total. The summed E-state index contributed by atoms with van der Waals surface area (Å²) in [6.07, 6.45) is -5.47. The molecule has 0 radical (unpaired) electrons. The van der Waals surface area contributed by atoms with Gasteiger partial charge in [0.05, 0.1) is 17.5 Å². The van der Waals surface area contributed by atoms with Gasteiger partial charge in [-0.15, -0.1) is 12.4 Å². The number of ether oxygens (including phenoxy) is 1. The van der Waals surface area contributed by atoms with Crippen LogP contribution in [0, 0.1) is 0 Å². The summed E-state index contributed by atoms with van der Waals surface area (Å²) in [6.45, 7) is 1.99. The third-order valence-corrected chi connectivity index (χ3v) is 2.83. The van der Waals surface area contributed by atoms with Crippen molar-refractivity contribution in [1.29, 1.82) is 0 Å². The number of benzene rings is 1. The van der Waals surface area contributed by atoms with E-state index in [9.17, 15) is 18.3 Å². The Morgan fingerprint density at radius 1 is 1.42 bits per heavy atom. The van der Waals surface area contributed by atoms with E-state index in [1.807, 2.05) is 0 Å². The zero-order valence-electron chi connectivity index (χ0n) is 10.00. The highest BCUT2D eigenvalue weighted by Crippen LogP contribution is 2.38. The van der Waals surface area contributed by atoms with Crippen LogP contribution in [0.1, 0.15) is 24.9 Å². The highest BCUT2D eigenvalue weighted by atomic mass is 79.9. The fourth-order valence-corrected chi connectivity index (χ4v) is 1.90. The summed E-state index contributed by atoms with van der Waals surface area (Å²) in [7, 11) is 0. The largest absolute Gasteiger partial charge is 0.503 e. The van der Waals surface area contributed by atoms with Gasteiger partial charge in [0.15, 0.2) is 11.5 Å². The van der Waals surface area contributed by atoms with Crippen molar-refractivity contribution in [2.45, 2.75) is 25.6 Å². The first kappa shape index (κ1) is 18.3. The van der Waals surface area contributed by atoms with Crippen LogP contribution in [0.3, 0.4) is 0 Å². The molecule has 1 aromatic carbocycles. The summed E-state index contributed by atoms with van der Waals surface area (Å²) < 4.78 is 42.1. The lowest BCUT2D eigenvalue weighted by molar-refractivity contribution is -0.138. The molecule has 8 heteroatoms. The van der Waals surface area contributed by atoms with Gasteiger partial charge in [0.1, 0.15) is 0 Å². The molecule has 0 bridgehead atoms. The molecule has 0 aliphatic carbocycles. The minimum Gasteiger partial charge on any atom is -0.503 e. The number of alkyl halides is 3. The van der Waals surface area contributed by atoms with Crippen molar-refractivity contribution < 1.29 is 23.0 Å². The van der Waals surface area contributed by atoms with Crippen LogP contribution in [-0.2, 0) is 0 Å². The summed E-state index contributed by atoms with van der Waals surface area (Å²) in [5.41, 5.74) is 5.74. The number of phenols is 1. The van der Waals surface area contributed by atoms with Gasteiger partial charge in [-0.3, -0.25) is 0 Å². The zero-order chi connectivity index (χ0) is 13.9. The average molecular weight is 365 g/mol. The molecule has 0 aromatic heterocycles. The molecule has 1 aromatic rings. The quantitative estimate of drug-likeness (QED) is 0.851. The van der Waals surface area contributed by atoms with E-state index in [-0.39, 0.29) is 40.5 Å². The Kier molecular flexibility index (Phi) is 6.96. The summed E-state index contributed by atoms with van der Waals surface area (Å²) >= 11 is 3.05. The molecule has 1 rings (SSSR count). The van der Waals surface area contributed by atoms with Crippen LogP contribution in [0.4, 0.5) is 13.2 Å². The number of nitrogens with two attached hydrogens (primary N) is 1. The molecule has 0 amide bonds. The van der Waals surface area contributed by atoms with Gasteiger partial charge in [0.2, 0.25) is 0 Å². The predicted molar refractivity (Wildman–Crippen MR) is 71.8 cm³/mol. The first-order valence-corrected chi connectivity index (χ1v) is 6.01. The van der Waals surface area contributed by atoms with Gasteiger partial charge in [0, 0.05) is 6.04 Å². The van der Waals surface area contributed by atoms with Crippen molar-refractivity contribution in [1.82, 2.24) is 0 Å². The van der Waals surface area contributed by atoms with E-state index < -0.39 is 18.6 Å². The molecule has 0 aliphatic rings. The number of halogens is 5. The van der Waals surface area contributed by atoms with Gasteiger partial charge >= 0.3 is 6.18 Å². The third-order valence-electron chi connectivity index (χ3n) is 2.23. The van der Waals surface area contributed by atoms with E-state index in [1.54, 1.807) is 6.92 Å². The lowest BCUT2D eigenvalue weighted by atomic mass is 10.0. The lowest BCUT2D eigenvalue weighted by Crippen LogP contribution is -2.20. The molecule has 0 unspecified atom stereocenters. The summed E-state index contributed by atoms with van der Waals surface area (Å²) in [5.74, 6) is -0.0423.